The lowest BCUT2D eigenvalue weighted by Gasteiger charge is -2.11. The van der Waals surface area contributed by atoms with Crippen molar-refractivity contribution in [1.29, 1.82) is 0 Å². The number of rotatable bonds is 5. The minimum atomic E-state index is -0.588. The largest absolute Gasteiger partial charge is 0.330 e. The van der Waals surface area contributed by atoms with Crippen LogP contribution < -0.4 is 11.1 Å². The minimum Gasteiger partial charge on any atom is -0.330 e. The van der Waals surface area contributed by atoms with Crippen LogP contribution in [-0.2, 0) is 4.79 Å². The van der Waals surface area contributed by atoms with Gasteiger partial charge in [-0.05, 0) is 25.1 Å². The SMILES string of the molecule is CC(CCN)C(=O)Nc1ccc(Cl)cc1[N+](=O)[O-]. The molecule has 1 amide bonds. The van der Waals surface area contributed by atoms with Crippen LogP contribution >= 0.6 is 11.6 Å². The normalized spacial score (nSPS) is 11.9. The van der Waals surface area contributed by atoms with Gasteiger partial charge >= 0.3 is 0 Å². The molecule has 0 aromatic heterocycles. The lowest BCUT2D eigenvalue weighted by Crippen LogP contribution is -2.23. The molecule has 0 saturated heterocycles. The van der Waals surface area contributed by atoms with Crippen LogP contribution in [0.4, 0.5) is 11.4 Å². The van der Waals surface area contributed by atoms with E-state index in [-0.39, 0.29) is 28.2 Å². The van der Waals surface area contributed by atoms with Gasteiger partial charge in [0.1, 0.15) is 5.69 Å². The third kappa shape index (κ3) is 3.68. The number of amides is 1. The molecule has 0 heterocycles. The van der Waals surface area contributed by atoms with E-state index in [1.54, 1.807) is 6.92 Å². The molecule has 1 aromatic carbocycles. The van der Waals surface area contributed by atoms with Gasteiger partial charge in [0.15, 0.2) is 0 Å². The standard InChI is InChI=1S/C11H14ClN3O3/c1-7(4-5-13)11(16)14-9-3-2-8(12)6-10(9)15(17)18/h2-3,6-7H,4-5,13H2,1H3,(H,14,16). The number of nitrogens with two attached hydrogens (primary N) is 1. The maximum absolute atomic E-state index is 11.7. The van der Waals surface area contributed by atoms with Crippen LogP contribution in [0, 0.1) is 16.0 Å². The lowest BCUT2D eigenvalue weighted by molar-refractivity contribution is -0.383. The third-order valence-electron chi connectivity index (χ3n) is 2.46. The Morgan fingerprint density at radius 3 is 2.83 bits per heavy atom. The van der Waals surface area contributed by atoms with Gasteiger partial charge in [-0.3, -0.25) is 14.9 Å². The number of nitro benzene ring substituents is 1. The van der Waals surface area contributed by atoms with E-state index in [4.69, 9.17) is 17.3 Å². The molecule has 1 atom stereocenters. The summed E-state index contributed by atoms with van der Waals surface area (Å²) in [5.74, 6) is -0.601. The van der Waals surface area contributed by atoms with Gasteiger partial charge in [-0.1, -0.05) is 18.5 Å². The molecule has 1 unspecified atom stereocenters. The summed E-state index contributed by atoms with van der Waals surface area (Å²) in [6, 6.07) is 4.09. The van der Waals surface area contributed by atoms with E-state index in [0.717, 1.165) is 0 Å². The van der Waals surface area contributed by atoms with Crippen molar-refractivity contribution in [1.82, 2.24) is 0 Å². The first-order valence-corrected chi connectivity index (χ1v) is 5.78. The van der Waals surface area contributed by atoms with Gasteiger partial charge in [0, 0.05) is 17.0 Å². The second-order valence-corrected chi connectivity index (χ2v) is 4.32. The maximum atomic E-state index is 11.7. The third-order valence-corrected chi connectivity index (χ3v) is 2.70. The van der Waals surface area contributed by atoms with E-state index in [1.807, 2.05) is 0 Å². The molecule has 1 aromatic rings. The summed E-state index contributed by atoms with van der Waals surface area (Å²) in [6.45, 7) is 2.10. The molecule has 1 rings (SSSR count). The number of hydrogen-bond acceptors (Lipinski definition) is 4. The van der Waals surface area contributed by atoms with Crippen molar-refractivity contribution >= 4 is 28.9 Å². The summed E-state index contributed by atoms with van der Waals surface area (Å²) < 4.78 is 0. The van der Waals surface area contributed by atoms with Crippen LogP contribution in [0.2, 0.25) is 5.02 Å². The Morgan fingerprint density at radius 1 is 1.61 bits per heavy atom. The molecule has 6 nitrogen and oxygen atoms in total. The Balaban J connectivity index is 2.90. The van der Waals surface area contributed by atoms with Gasteiger partial charge in [-0.15, -0.1) is 0 Å². The monoisotopic (exact) mass is 271 g/mol. The van der Waals surface area contributed by atoms with Gasteiger partial charge in [0.25, 0.3) is 5.69 Å². The van der Waals surface area contributed by atoms with Crippen molar-refractivity contribution in [2.75, 3.05) is 11.9 Å². The molecule has 98 valence electrons. The first-order chi connectivity index (χ1) is 8.45. The molecule has 0 spiro atoms. The highest BCUT2D eigenvalue weighted by atomic mass is 35.5. The Labute approximate surface area is 109 Å². The highest BCUT2D eigenvalue weighted by molar-refractivity contribution is 6.31. The van der Waals surface area contributed by atoms with Crippen LogP contribution in [0.25, 0.3) is 0 Å². The topological polar surface area (TPSA) is 98.3 Å². The second kappa shape index (κ2) is 6.32. The van der Waals surface area contributed by atoms with Crippen LogP contribution in [0.1, 0.15) is 13.3 Å². The fraction of sp³-hybridized carbons (Fsp3) is 0.364. The van der Waals surface area contributed by atoms with Crippen molar-refractivity contribution in [2.45, 2.75) is 13.3 Å². The summed E-state index contributed by atoms with van der Waals surface area (Å²) in [6.07, 6.45) is 0.521. The highest BCUT2D eigenvalue weighted by Gasteiger charge is 2.19. The van der Waals surface area contributed by atoms with Crippen LogP contribution in [-0.4, -0.2) is 17.4 Å². The first kappa shape index (κ1) is 14.4. The molecule has 3 N–H and O–H groups in total. The summed E-state index contributed by atoms with van der Waals surface area (Å²) >= 11 is 5.68. The summed E-state index contributed by atoms with van der Waals surface area (Å²) in [5, 5.41) is 13.6. The molecule has 0 fully saturated rings. The van der Waals surface area contributed by atoms with Gasteiger partial charge in [0.2, 0.25) is 5.91 Å². The number of carbonyl (C=O) groups excluding carboxylic acids is 1. The molecule has 18 heavy (non-hydrogen) atoms. The zero-order valence-corrected chi connectivity index (χ0v) is 10.6. The Morgan fingerprint density at radius 2 is 2.28 bits per heavy atom. The predicted molar refractivity (Wildman–Crippen MR) is 69.6 cm³/mol. The Hall–Kier alpha value is -1.66. The smallest absolute Gasteiger partial charge is 0.294 e. The zero-order chi connectivity index (χ0) is 13.7. The minimum absolute atomic E-state index is 0.137. The Kier molecular flexibility index (Phi) is 5.06. The fourth-order valence-corrected chi connectivity index (χ4v) is 1.56. The number of anilines is 1. The van der Waals surface area contributed by atoms with E-state index in [0.29, 0.717) is 13.0 Å². The van der Waals surface area contributed by atoms with E-state index in [2.05, 4.69) is 5.32 Å². The number of hydrogen-bond donors (Lipinski definition) is 2. The molecule has 0 aliphatic rings. The number of nitrogens with zero attached hydrogens (tertiary/aromatic N) is 1. The van der Waals surface area contributed by atoms with E-state index in [1.165, 1.54) is 18.2 Å². The first-order valence-electron chi connectivity index (χ1n) is 5.40. The molecule has 0 saturated carbocycles. The number of nitrogens with one attached hydrogen (secondary N) is 1. The zero-order valence-electron chi connectivity index (χ0n) is 9.85. The predicted octanol–water partition coefficient (Wildman–Crippen LogP) is 2.17. The van der Waals surface area contributed by atoms with Crippen molar-refractivity contribution in [3.8, 4) is 0 Å². The summed E-state index contributed by atoms with van der Waals surface area (Å²) in [7, 11) is 0. The average Bonchev–Trinajstić information content (AvgIpc) is 2.31. The van der Waals surface area contributed by atoms with Crippen molar-refractivity contribution in [3.63, 3.8) is 0 Å². The lowest BCUT2D eigenvalue weighted by atomic mass is 10.1. The van der Waals surface area contributed by atoms with Gasteiger partial charge in [-0.2, -0.15) is 0 Å². The van der Waals surface area contributed by atoms with Crippen molar-refractivity contribution < 1.29 is 9.72 Å². The van der Waals surface area contributed by atoms with Crippen molar-refractivity contribution in [2.24, 2.45) is 11.7 Å². The molecule has 0 aliphatic heterocycles. The van der Waals surface area contributed by atoms with Gasteiger partial charge < -0.3 is 11.1 Å². The van der Waals surface area contributed by atoms with Crippen molar-refractivity contribution in [3.05, 3.63) is 33.3 Å². The second-order valence-electron chi connectivity index (χ2n) is 3.89. The number of nitro groups is 1. The van der Waals surface area contributed by atoms with Crippen LogP contribution in [0.5, 0.6) is 0 Å². The van der Waals surface area contributed by atoms with E-state index >= 15 is 0 Å². The molecular formula is C11H14ClN3O3. The van der Waals surface area contributed by atoms with Gasteiger partial charge in [0.05, 0.1) is 4.92 Å². The number of carbonyl (C=O) groups is 1. The quantitative estimate of drug-likeness (QED) is 0.633. The molecule has 0 radical (unpaired) electrons. The number of benzene rings is 1. The van der Waals surface area contributed by atoms with E-state index in [9.17, 15) is 14.9 Å². The summed E-state index contributed by atoms with van der Waals surface area (Å²) in [4.78, 5) is 22.0. The molecule has 7 heteroatoms. The van der Waals surface area contributed by atoms with Crippen LogP contribution in [0.3, 0.4) is 0 Å². The van der Waals surface area contributed by atoms with E-state index < -0.39 is 4.92 Å². The molecule has 0 bridgehead atoms. The van der Waals surface area contributed by atoms with Crippen LogP contribution in [0.15, 0.2) is 18.2 Å². The number of halogens is 1. The maximum Gasteiger partial charge on any atom is 0.294 e. The summed E-state index contributed by atoms with van der Waals surface area (Å²) in [5.41, 5.74) is 5.26. The molecular weight excluding hydrogens is 258 g/mol. The highest BCUT2D eigenvalue weighted by Crippen LogP contribution is 2.28. The Bertz CT molecular complexity index is 465. The fourth-order valence-electron chi connectivity index (χ4n) is 1.40. The molecule has 0 aliphatic carbocycles. The average molecular weight is 272 g/mol. The van der Waals surface area contributed by atoms with Gasteiger partial charge in [-0.25, -0.2) is 0 Å².